The summed E-state index contributed by atoms with van der Waals surface area (Å²) in [5.41, 5.74) is 11.2. The Bertz CT molecular complexity index is 2220. The van der Waals surface area contributed by atoms with E-state index < -0.39 is 0 Å². The standard InChI is InChI=1S/C20H23NO3.C20H30O3.C13H9N.C4H8.C2H6/c1-3-4-15-5-8-17(9-6-15)20(22)24-12-11-16-7-10-19(23-2)18(13-16)14-21;1-4-18-9-10-19(17(2)13-18)23-12-8-6-5-7-11-21-14-20(3)15-22-16-20;14-13-11-7-3-1-5-9(11)10-6-2-4-8-12(10)13;1-2-4-3-1;1-2/h5-10,13-14,21H,3-4,11-12H2,1-2H3;4,9-10,13H,1,5-8,11-12,14-16H2,2-3H3;1-8,14H;1-4H2;1-2H3. The van der Waals surface area contributed by atoms with Crippen LogP contribution < -0.4 is 9.47 Å². The van der Waals surface area contributed by atoms with Gasteiger partial charge in [0.15, 0.2) is 0 Å². The second kappa shape index (κ2) is 29.7. The van der Waals surface area contributed by atoms with Crippen LogP contribution in [0.15, 0.2) is 116 Å². The number of benzene rings is 5. The number of ether oxygens (including phenoxy) is 5. The zero-order valence-electron chi connectivity index (χ0n) is 41.2. The van der Waals surface area contributed by atoms with Gasteiger partial charge in [-0.3, -0.25) is 5.41 Å². The van der Waals surface area contributed by atoms with Gasteiger partial charge in [-0.1, -0.05) is 152 Å². The third-order valence-corrected chi connectivity index (χ3v) is 11.7. The van der Waals surface area contributed by atoms with Crippen LogP contribution in [0.5, 0.6) is 11.5 Å². The van der Waals surface area contributed by atoms with Crippen molar-refractivity contribution < 1.29 is 28.5 Å². The molecule has 8 rings (SSSR count). The van der Waals surface area contributed by atoms with Crippen LogP contribution in [0.25, 0.3) is 17.2 Å². The number of carbonyl (C=O) groups is 1. The van der Waals surface area contributed by atoms with E-state index in [9.17, 15) is 4.79 Å². The second-order valence-electron chi connectivity index (χ2n) is 17.3. The number of rotatable bonds is 19. The molecule has 1 aliphatic heterocycles. The maximum absolute atomic E-state index is 12.0. The number of esters is 1. The molecular formula is C59H76N2O6. The Labute approximate surface area is 402 Å². The summed E-state index contributed by atoms with van der Waals surface area (Å²) < 4.78 is 27.3. The maximum Gasteiger partial charge on any atom is 0.338 e. The minimum atomic E-state index is -0.307. The van der Waals surface area contributed by atoms with Crippen LogP contribution in [0.1, 0.15) is 135 Å². The third kappa shape index (κ3) is 17.4. The molecule has 8 heteroatoms. The number of hydrogen-bond donors (Lipinski definition) is 2. The molecule has 0 radical (unpaired) electrons. The molecule has 8 nitrogen and oxygen atoms in total. The Kier molecular flexibility index (Phi) is 23.9. The molecule has 5 aromatic rings. The second-order valence-corrected chi connectivity index (χ2v) is 17.3. The first kappa shape index (κ1) is 53.8. The number of nitrogens with one attached hydrogen (secondary N) is 2. The largest absolute Gasteiger partial charge is 0.496 e. The van der Waals surface area contributed by atoms with Gasteiger partial charge in [-0.15, -0.1) is 0 Å². The van der Waals surface area contributed by atoms with E-state index in [-0.39, 0.29) is 11.4 Å². The number of carbonyl (C=O) groups excluding carboxylic acids is 1. The Morgan fingerprint density at radius 1 is 0.731 bits per heavy atom. The molecule has 0 amide bonds. The number of fused-ring (bicyclic) bond motifs is 3. The molecule has 2 fully saturated rings. The lowest BCUT2D eigenvalue weighted by atomic mass is 9.90. The zero-order chi connectivity index (χ0) is 48.3. The van der Waals surface area contributed by atoms with Gasteiger partial charge in [-0.2, -0.15) is 0 Å². The maximum atomic E-state index is 12.0. The van der Waals surface area contributed by atoms with Crippen molar-refractivity contribution in [2.45, 2.75) is 105 Å². The van der Waals surface area contributed by atoms with Gasteiger partial charge in [0.05, 0.1) is 51.4 Å². The molecule has 0 atom stereocenters. The fourth-order valence-corrected chi connectivity index (χ4v) is 7.42. The van der Waals surface area contributed by atoms with Gasteiger partial charge in [0, 0.05) is 41.3 Å². The summed E-state index contributed by atoms with van der Waals surface area (Å²) in [6, 6.07) is 35.6. The van der Waals surface area contributed by atoms with Crippen LogP contribution in [0.3, 0.4) is 0 Å². The van der Waals surface area contributed by atoms with Crippen LogP contribution in [-0.2, 0) is 27.1 Å². The topological polar surface area (TPSA) is 111 Å². The first-order chi connectivity index (χ1) is 32.7. The Hall–Kier alpha value is -5.83. The molecule has 0 unspecified atom stereocenters. The Balaban J connectivity index is 0.000000211. The zero-order valence-corrected chi connectivity index (χ0v) is 41.2. The van der Waals surface area contributed by atoms with Crippen LogP contribution in [0, 0.1) is 23.2 Å². The van der Waals surface area contributed by atoms with E-state index in [0.717, 1.165) is 86.7 Å². The van der Waals surface area contributed by atoms with E-state index in [1.165, 1.54) is 67.0 Å². The summed E-state index contributed by atoms with van der Waals surface area (Å²) >= 11 is 0. The molecule has 358 valence electrons. The molecule has 0 bridgehead atoms. The van der Waals surface area contributed by atoms with Gasteiger partial charge in [0.2, 0.25) is 0 Å². The van der Waals surface area contributed by atoms with Crippen LogP contribution >= 0.6 is 0 Å². The summed E-state index contributed by atoms with van der Waals surface area (Å²) in [5.74, 6) is 1.34. The first-order valence-electron chi connectivity index (χ1n) is 24.4. The molecule has 2 aliphatic carbocycles. The number of unbranched alkanes of at least 4 members (excludes halogenated alkanes) is 3. The normalized spacial score (nSPS) is 13.3. The number of methoxy groups -OCH3 is 1. The minimum absolute atomic E-state index is 0.271. The van der Waals surface area contributed by atoms with Gasteiger partial charge >= 0.3 is 5.97 Å². The molecule has 1 saturated heterocycles. The van der Waals surface area contributed by atoms with Crippen molar-refractivity contribution >= 4 is 24.0 Å². The summed E-state index contributed by atoms with van der Waals surface area (Å²) in [5, 5.41) is 15.4. The molecule has 2 N–H and O–H groups in total. The average molecular weight is 909 g/mol. The summed E-state index contributed by atoms with van der Waals surface area (Å²) in [6.07, 6.45) is 16.4. The SMILES string of the molecule is C1CCC1.C=Cc1ccc(OCCCCCCOCC2(C)COC2)c(C)c1.CC.CCCc1ccc(C(=O)OCCc2ccc(OC)c(C=N)c2)cc1.N=C1c2ccccc2-c2ccccc21. The predicted molar refractivity (Wildman–Crippen MR) is 278 cm³/mol. The van der Waals surface area contributed by atoms with Gasteiger partial charge < -0.3 is 29.1 Å². The van der Waals surface area contributed by atoms with E-state index >= 15 is 0 Å². The summed E-state index contributed by atoms with van der Waals surface area (Å²) in [6.45, 7) is 18.7. The van der Waals surface area contributed by atoms with E-state index in [1.54, 1.807) is 7.11 Å². The molecule has 3 aliphatic rings. The smallest absolute Gasteiger partial charge is 0.338 e. The first-order valence-corrected chi connectivity index (χ1v) is 24.4. The molecule has 1 heterocycles. The Morgan fingerprint density at radius 3 is 1.84 bits per heavy atom. The van der Waals surface area contributed by atoms with Crippen molar-refractivity contribution in [3.63, 3.8) is 0 Å². The lowest BCUT2D eigenvalue weighted by Crippen LogP contribution is -2.43. The molecule has 67 heavy (non-hydrogen) atoms. The van der Waals surface area contributed by atoms with Crippen molar-refractivity contribution in [3.05, 3.63) is 160 Å². The monoisotopic (exact) mass is 909 g/mol. The van der Waals surface area contributed by atoms with Crippen molar-refractivity contribution in [1.82, 2.24) is 0 Å². The molecule has 0 spiro atoms. The number of hydrogen-bond acceptors (Lipinski definition) is 8. The van der Waals surface area contributed by atoms with E-state index in [1.807, 2.05) is 111 Å². The van der Waals surface area contributed by atoms with Gasteiger partial charge in [-0.25, -0.2) is 4.79 Å². The van der Waals surface area contributed by atoms with Gasteiger partial charge in [0.1, 0.15) is 11.5 Å². The highest BCUT2D eigenvalue weighted by molar-refractivity contribution is 6.22. The fourth-order valence-electron chi connectivity index (χ4n) is 7.42. The van der Waals surface area contributed by atoms with E-state index in [4.69, 9.17) is 34.5 Å². The van der Waals surface area contributed by atoms with E-state index in [0.29, 0.717) is 35.6 Å². The fraction of sp³-hybridized carbons (Fsp3) is 0.407. The van der Waals surface area contributed by atoms with Crippen molar-refractivity contribution in [3.8, 4) is 22.6 Å². The lowest BCUT2D eigenvalue weighted by molar-refractivity contribution is -0.137. The van der Waals surface area contributed by atoms with Gasteiger partial charge in [-0.05, 0) is 102 Å². The highest BCUT2D eigenvalue weighted by atomic mass is 16.5. The van der Waals surface area contributed by atoms with Crippen LogP contribution in [-0.4, -0.2) is 64.6 Å². The number of aryl methyl sites for hydroxylation is 2. The molecule has 5 aromatic carbocycles. The van der Waals surface area contributed by atoms with Crippen molar-refractivity contribution in [1.29, 1.82) is 10.8 Å². The Morgan fingerprint density at radius 2 is 1.31 bits per heavy atom. The van der Waals surface area contributed by atoms with E-state index in [2.05, 4.69) is 45.5 Å². The van der Waals surface area contributed by atoms with Crippen molar-refractivity contribution in [2.24, 2.45) is 5.41 Å². The van der Waals surface area contributed by atoms with Crippen molar-refractivity contribution in [2.75, 3.05) is 46.8 Å². The molecule has 1 saturated carbocycles. The van der Waals surface area contributed by atoms with Gasteiger partial charge in [0.25, 0.3) is 0 Å². The minimum Gasteiger partial charge on any atom is -0.496 e. The highest BCUT2D eigenvalue weighted by Gasteiger charge is 2.33. The highest BCUT2D eigenvalue weighted by Crippen LogP contribution is 2.35. The molecular weight excluding hydrogens is 833 g/mol. The summed E-state index contributed by atoms with van der Waals surface area (Å²) in [4.78, 5) is 12.0. The summed E-state index contributed by atoms with van der Waals surface area (Å²) in [7, 11) is 1.58. The lowest BCUT2D eigenvalue weighted by Gasteiger charge is -2.37. The average Bonchev–Trinajstić information content (AvgIpc) is 3.62. The van der Waals surface area contributed by atoms with Crippen LogP contribution in [0.2, 0.25) is 0 Å². The molecule has 0 aromatic heterocycles. The predicted octanol–water partition coefficient (Wildman–Crippen LogP) is 14.3. The third-order valence-electron chi connectivity index (χ3n) is 11.7. The quantitative estimate of drug-likeness (QED) is 0.0476. The van der Waals surface area contributed by atoms with Crippen LogP contribution in [0.4, 0.5) is 0 Å².